The molecule has 90 valence electrons. The summed E-state index contributed by atoms with van der Waals surface area (Å²) >= 11 is 0. The topological polar surface area (TPSA) is 74.9 Å². The van der Waals surface area contributed by atoms with Gasteiger partial charge in [0.15, 0.2) is 0 Å². The first-order chi connectivity index (χ1) is 8.13. The van der Waals surface area contributed by atoms with Crippen molar-refractivity contribution >= 4 is 17.6 Å². The number of nitrogens with zero attached hydrogens (tertiary/aromatic N) is 2. The molecule has 0 aliphatic carbocycles. The molecule has 1 N–H and O–H groups in total. The van der Waals surface area contributed by atoms with E-state index >= 15 is 0 Å². The van der Waals surface area contributed by atoms with Crippen molar-refractivity contribution in [1.82, 2.24) is 10.2 Å². The van der Waals surface area contributed by atoms with Gasteiger partial charge in [-0.15, -0.1) is 0 Å². The Morgan fingerprint density at radius 2 is 2.29 bits per heavy atom. The summed E-state index contributed by atoms with van der Waals surface area (Å²) in [4.78, 5) is 27.9. The molecule has 0 radical (unpaired) electrons. The molecule has 6 nitrogen and oxygen atoms in total. The molecule has 2 heterocycles. The van der Waals surface area contributed by atoms with Crippen LogP contribution in [0.3, 0.4) is 0 Å². The molecule has 3 amide bonds. The van der Waals surface area contributed by atoms with Crippen molar-refractivity contribution in [3.8, 4) is 0 Å². The van der Waals surface area contributed by atoms with Crippen molar-refractivity contribution in [3.63, 3.8) is 0 Å². The fraction of sp³-hybridized carbons (Fsp3) is 0.364. The maximum Gasteiger partial charge on any atom is 0.347 e. The molecule has 0 saturated carbocycles. The molecule has 2 rings (SSSR count). The van der Waals surface area contributed by atoms with Crippen LogP contribution in [0.2, 0.25) is 0 Å². The van der Waals surface area contributed by atoms with Crippen LogP contribution in [0, 0.1) is 0 Å². The van der Waals surface area contributed by atoms with Crippen LogP contribution in [-0.4, -0.2) is 36.1 Å². The number of furan rings is 1. The van der Waals surface area contributed by atoms with Crippen LogP contribution in [0.4, 0.5) is 4.79 Å². The number of carbonyl (C=O) groups is 2. The van der Waals surface area contributed by atoms with E-state index in [1.807, 2.05) is 24.1 Å². The average molecular weight is 235 g/mol. The van der Waals surface area contributed by atoms with E-state index in [1.165, 1.54) is 0 Å². The Morgan fingerprint density at radius 1 is 1.47 bits per heavy atom. The monoisotopic (exact) mass is 235 g/mol. The van der Waals surface area contributed by atoms with Gasteiger partial charge in [0.2, 0.25) is 5.91 Å². The zero-order valence-corrected chi connectivity index (χ0v) is 9.47. The second-order valence-corrected chi connectivity index (χ2v) is 3.96. The third-order valence-corrected chi connectivity index (χ3v) is 2.33. The molecular formula is C11H13N3O3. The Balaban J connectivity index is 1.92. The summed E-state index contributed by atoms with van der Waals surface area (Å²) in [7, 11) is 1.88. The van der Waals surface area contributed by atoms with Gasteiger partial charge in [-0.1, -0.05) is 0 Å². The smallest absolute Gasteiger partial charge is 0.347 e. The van der Waals surface area contributed by atoms with Gasteiger partial charge in [-0.3, -0.25) is 15.0 Å². The van der Waals surface area contributed by atoms with E-state index in [0.717, 1.165) is 5.76 Å². The number of hydrogen-bond acceptors (Lipinski definition) is 4. The summed E-state index contributed by atoms with van der Waals surface area (Å²) in [5.74, 6) is 0.533. The molecule has 0 saturated heterocycles. The average Bonchev–Trinajstić information content (AvgIpc) is 2.67. The van der Waals surface area contributed by atoms with E-state index in [4.69, 9.17) is 4.42 Å². The summed E-state index contributed by atoms with van der Waals surface area (Å²) in [6.07, 6.45) is 1.78. The molecule has 1 aromatic rings. The molecule has 0 unspecified atom stereocenters. The predicted octanol–water partition coefficient (Wildman–Crippen LogP) is 0.792. The minimum atomic E-state index is -0.581. The van der Waals surface area contributed by atoms with E-state index in [-0.39, 0.29) is 12.3 Å². The van der Waals surface area contributed by atoms with Crippen molar-refractivity contribution < 1.29 is 14.0 Å². The van der Waals surface area contributed by atoms with Gasteiger partial charge in [0.25, 0.3) is 0 Å². The van der Waals surface area contributed by atoms with Crippen LogP contribution < -0.4 is 5.32 Å². The summed E-state index contributed by atoms with van der Waals surface area (Å²) in [5.41, 5.74) is 0.577. The van der Waals surface area contributed by atoms with E-state index in [0.29, 0.717) is 18.8 Å². The van der Waals surface area contributed by atoms with Gasteiger partial charge in [0.1, 0.15) is 5.76 Å². The minimum absolute atomic E-state index is 0.175. The molecule has 0 atom stereocenters. The highest BCUT2D eigenvalue weighted by molar-refractivity contribution is 6.14. The first-order valence-corrected chi connectivity index (χ1v) is 5.24. The highest BCUT2D eigenvalue weighted by atomic mass is 16.3. The summed E-state index contributed by atoms with van der Waals surface area (Å²) in [6.45, 7) is 1.09. The standard InChI is InChI=1S/C11H13N3O3/c1-14(7-9-3-2-4-17-9)6-8-5-10(15)13-11(16)12-8/h2-4H,5-7H2,1H3,(H,13,15,16). The van der Waals surface area contributed by atoms with Gasteiger partial charge in [-0.2, -0.15) is 0 Å². The molecular weight excluding hydrogens is 222 g/mol. The lowest BCUT2D eigenvalue weighted by atomic mass is 10.2. The summed E-state index contributed by atoms with van der Waals surface area (Å²) < 4.78 is 5.21. The molecule has 6 heteroatoms. The normalized spacial score (nSPS) is 16.0. The molecule has 0 spiro atoms. The number of aliphatic imine (C=N–C) groups is 1. The van der Waals surface area contributed by atoms with E-state index in [9.17, 15) is 9.59 Å². The zero-order chi connectivity index (χ0) is 12.3. The molecule has 0 bridgehead atoms. The van der Waals surface area contributed by atoms with Crippen molar-refractivity contribution in [1.29, 1.82) is 0 Å². The van der Waals surface area contributed by atoms with Gasteiger partial charge >= 0.3 is 6.03 Å². The number of urea groups is 1. The number of amides is 3. The molecule has 0 fully saturated rings. The number of nitrogens with one attached hydrogen (secondary N) is 1. The lowest BCUT2D eigenvalue weighted by Gasteiger charge is -2.18. The summed E-state index contributed by atoms with van der Waals surface area (Å²) in [6, 6.07) is 3.11. The van der Waals surface area contributed by atoms with Gasteiger partial charge < -0.3 is 4.42 Å². The van der Waals surface area contributed by atoms with Crippen LogP contribution in [-0.2, 0) is 11.3 Å². The fourth-order valence-electron chi connectivity index (χ4n) is 1.69. The Bertz CT molecular complexity index is 451. The third kappa shape index (κ3) is 3.25. The lowest BCUT2D eigenvalue weighted by molar-refractivity contribution is -0.119. The summed E-state index contributed by atoms with van der Waals surface area (Å²) in [5, 5.41) is 2.13. The number of imide groups is 1. The largest absolute Gasteiger partial charge is 0.468 e. The van der Waals surface area contributed by atoms with Crippen molar-refractivity contribution in [2.45, 2.75) is 13.0 Å². The maximum atomic E-state index is 11.1. The Kier molecular flexibility index (Phi) is 3.34. The van der Waals surface area contributed by atoms with Crippen molar-refractivity contribution in [3.05, 3.63) is 24.2 Å². The second-order valence-electron chi connectivity index (χ2n) is 3.96. The first kappa shape index (κ1) is 11.5. The second kappa shape index (κ2) is 4.92. The van der Waals surface area contributed by atoms with Crippen LogP contribution in [0.5, 0.6) is 0 Å². The van der Waals surface area contributed by atoms with E-state index in [1.54, 1.807) is 6.26 Å². The predicted molar refractivity (Wildman–Crippen MR) is 60.6 cm³/mol. The van der Waals surface area contributed by atoms with E-state index < -0.39 is 6.03 Å². The number of carbonyl (C=O) groups excluding carboxylic acids is 2. The van der Waals surface area contributed by atoms with Crippen LogP contribution >= 0.6 is 0 Å². The quantitative estimate of drug-likeness (QED) is 0.837. The van der Waals surface area contributed by atoms with Gasteiger partial charge in [-0.25, -0.2) is 9.79 Å². The Morgan fingerprint density at radius 3 is 2.94 bits per heavy atom. The first-order valence-electron chi connectivity index (χ1n) is 5.24. The lowest BCUT2D eigenvalue weighted by Crippen LogP contribution is -2.38. The van der Waals surface area contributed by atoms with E-state index in [2.05, 4.69) is 10.3 Å². The number of hydrogen-bond donors (Lipinski definition) is 1. The van der Waals surface area contributed by atoms with Crippen LogP contribution in [0.25, 0.3) is 0 Å². The van der Waals surface area contributed by atoms with Crippen molar-refractivity contribution in [2.75, 3.05) is 13.6 Å². The van der Waals surface area contributed by atoms with Crippen LogP contribution in [0.1, 0.15) is 12.2 Å². The number of rotatable bonds is 4. The van der Waals surface area contributed by atoms with Crippen LogP contribution in [0.15, 0.2) is 27.8 Å². The van der Waals surface area contributed by atoms with Gasteiger partial charge in [0, 0.05) is 12.3 Å². The maximum absolute atomic E-state index is 11.1. The van der Waals surface area contributed by atoms with Crippen molar-refractivity contribution in [2.24, 2.45) is 4.99 Å². The van der Waals surface area contributed by atoms with Gasteiger partial charge in [-0.05, 0) is 19.2 Å². The Labute approximate surface area is 98.3 Å². The zero-order valence-electron chi connectivity index (χ0n) is 9.47. The minimum Gasteiger partial charge on any atom is -0.468 e. The third-order valence-electron chi connectivity index (χ3n) is 2.33. The highest BCUT2D eigenvalue weighted by Gasteiger charge is 2.19. The molecule has 1 aliphatic heterocycles. The fourth-order valence-corrected chi connectivity index (χ4v) is 1.69. The highest BCUT2D eigenvalue weighted by Crippen LogP contribution is 2.05. The molecule has 1 aromatic heterocycles. The molecule has 17 heavy (non-hydrogen) atoms. The SMILES string of the molecule is CN(CC1=NC(=O)NC(=O)C1)Cc1ccco1. The molecule has 0 aromatic carbocycles. The Hall–Kier alpha value is -1.95. The van der Waals surface area contributed by atoms with Gasteiger partial charge in [0.05, 0.1) is 19.2 Å². The molecule has 1 aliphatic rings.